The van der Waals surface area contributed by atoms with E-state index >= 15 is 0 Å². The maximum Gasteiger partial charge on any atom is 0.349 e. The van der Waals surface area contributed by atoms with E-state index in [0.29, 0.717) is 9.35 Å². The molecule has 0 aliphatic rings. The molecule has 8 nitrogen and oxygen atoms in total. The van der Waals surface area contributed by atoms with Gasteiger partial charge in [-0.1, -0.05) is 37.6 Å². The zero-order chi connectivity index (χ0) is 20.8. The molecular formula is C18H19BrN2O6S. The molecule has 2 rings (SSSR count). The van der Waals surface area contributed by atoms with E-state index in [2.05, 4.69) is 21.2 Å². The zero-order valence-electron chi connectivity index (χ0n) is 14.9. The Labute approximate surface area is 173 Å². The lowest BCUT2D eigenvalue weighted by Crippen LogP contribution is -2.33. The Morgan fingerprint density at radius 1 is 1.25 bits per heavy atom. The quantitative estimate of drug-likeness (QED) is 0.438. The number of aliphatic carboxylic acids is 1. The molecular weight excluding hydrogens is 452 g/mol. The van der Waals surface area contributed by atoms with Gasteiger partial charge in [-0.25, -0.2) is 14.4 Å². The predicted octanol–water partition coefficient (Wildman–Crippen LogP) is 3.85. The highest BCUT2D eigenvalue weighted by Gasteiger charge is 2.24. The van der Waals surface area contributed by atoms with Crippen molar-refractivity contribution < 1.29 is 29.3 Å². The lowest BCUT2D eigenvalue weighted by Gasteiger charge is -2.17. The number of carboxylic acids is 2. The highest BCUT2D eigenvalue weighted by Crippen LogP contribution is 2.45. The molecule has 0 aliphatic heterocycles. The van der Waals surface area contributed by atoms with Crippen molar-refractivity contribution in [1.29, 1.82) is 0 Å². The van der Waals surface area contributed by atoms with E-state index in [9.17, 15) is 19.5 Å². The highest BCUT2D eigenvalue weighted by atomic mass is 79.9. The summed E-state index contributed by atoms with van der Waals surface area (Å²) >= 11 is 4.30. The van der Waals surface area contributed by atoms with Crippen molar-refractivity contribution in [2.75, 3.05) is 6.61 Å². The SMILES string of the molecule is CCCC(NC(N)=O)c1ccc(-c2sc(C(=O)O)c(OCC(=O)O)c2Br)cc1. The number of halogens is 1. The molecule has 1 aromatic carbocycles. The molecule has 1 heterocycles. The van der Waals surface area contributed by atoms with Gasteiger partial charge in [-0.15, -0.1) is 11.3 Å². The average molecular weight is 471 g/mol. The molecule has 1 unspecified atom stereocenters. The summed E-state index contributed by atoms with van der Waals surface area (Å²) < 4.78 is 5.53. The van der Waals surface area contributed by atoms with Crippen molar-refractivity contribution in [3.8, 4) is 16.2 Å². The summed E-state index contributed by atoms with van der Waals surface area (Å²) in [6, 6.07) is 6.43. The van der Waals surface area contributed by atoms with Crippen molar-refractivity contribution in [3.05, 3.63) is 39.2 Å². The molecule has 0 fully saturated rings. The molecule has 0 saturated carbocycles. The number of nitrogens with one attached hydrogen (secondary N) is 1. The van der Waals surface area contributed by atoms with Crippen LogP contribution in [0, 0.1) is 0 Å². The van der Waals surface area contributed by atoms with Crippen molar-refractivity contribution >= 4 is 45.2 Å². The number of hydrogen-bond acceptors (Lipinski definition) is 5. The Morgan fingerprint density at radius 2 is 1.89 bits per heavy atom. The van der Waals surface area contributed by atoms with Gasteiger partial charge in [0.05, 0.1) is 15.4 Å². The van der Waals surface area contributed by atoms with Crippen LogP contribution in [-0.4, -0.2) is 34.8 Å². The smallest absolute Gasteiger partial charge is 0.349 e. The Hall–Kier alpha value is -2.59. The standard InChI is InChI=1S/C18H19BrN2O6S/c1-2-3-11(21-18(20)26)9-4-6-10(7-5-9)15-13(19)14(27-8-12(22)23)16(28-15)17(24)25/h4-7,11H,2-3,8H2,1H3,(H,22,23)(H,24,25)(H3,20,21,26). The average Bonchev–Trinajstić information content (AvgIpc) is 2.96. The van der Waals surface area contributed by atoms with Crippen LogP contribution < -0.4 is 15.8 Å². The molecule has 1 aromatic heterocycles. The summed E-state index contributed by atoms with van der Waals surface area (Å²) in [6.45, 7) is 1.35. The van der Waals surface area contributed by atoms with Crippen molar-refractivity contribution in [2.24, 2.45) is 5.73 Å². The van der Waals surface area contributed by atoms with Crippen LogP contribution in [0.3, 0.4) is 0 Å². The van der Waals surface area contributed by atoms with Gasteiger partial charge in [0.15, 0.2) is 17.2 Å². The zero-order valence-corrected chi connectivity index (χ0v) is 17.3. The van der Waals surface area contributed by atoms with E-state index in [1.54, 1.807) is 12.1 Å². The van der Waals surface area contributed by atoms with E-state index < -0.39 is 24.6 Å². The highest BCUT2D eigenvalue weighted by molar-refractivity contribution is 9.10. The first-order valence-electron chi connectivity index (χ1n) is 8.31. The maximum absolute atomic E-state index is 11.5. The lowest BCUT2D eigenvalue weighted by atomic mass is 10.0. The fourth-order valence-corrected chi connectivity index (χ4v) is 4.53. The summed E-state index contributed by atoms with van der Waals surface area (Å²) in [6.07, 6.45) is 1.58. The largest absolute Gasteiger partial charge is 0.479 e. The number of ether oxygens (including phenoxy) is 1. The molecule has 150 valence electrons. The second-order valence-corrected chi connectivity index (χ2v) is 7.68. The molecule has 5 N–H and O–H groups in total. The molecule has 0 saturated heterocycles. The van der Waals surface area contributed by atoms with E-state index in [1.807, 2.05) is 19.1 Å². The van der Waals surface area contributed by atoms with Crippen molar-refractivity contribution in [3.63, 3.8) is 0 Å². The number of carboxylic acid groups (broad SMARTS) is 2. The fourth-order valence-electron chi connectivity index (χ4n) is 2.63. The van der Waals surface area contributed by atoms with Crippen LogP contribution in [0.2, 0.25) is 0 Å². The maximum atomic E-state index is 11.5. The van der Waals surface area contributed by atoms with Gasteiger partial charge in [0.1, 0.15) is 0 Å². The van der Waals surface area contributed by atoms with E-state index in [1.165, 1.54) is 0 Å². The minimum atomic E-state index is -1.21. The second-order valence-electron chi connectivity index (χ2n) is 5.86. The molecule has 0 bridgehead atoms. The van der Waals surface area contributed by atoms with E-state index in [-0.39, 0.29) is 16.7 Å². The van der Waals surface area contributed by atoms with Crippen LogP contribution in [-0.2, 0) is 4.79 Å². The van der Waals surface area contributed by atoms with Crippen LogP contribution in [0.1, 0.15) is 41.0 Å². The molecule has 0 spiro atoms. The number of thiophene rings is 1. The van der Waals surface area contributed by atoms with Gasteiger partial charge in [0, 0.05) is 0 Å². The van der Waals surface area contributed by atoms with Gasteiger partial charge in [-0.3, -0.25) is 0 Å². The molecule has 10 heteroatoms. The van der Waals surface area contributed by atoms with E-state index in [4.69, 9.17) is 15.6 Å². The van der Waals surface area contributed by atoms with Crippen LogP contribution >= 0.6 is 27.3 Å². The van der Waals surface area contributed by atoms with Gasteiger partial charge < -0.3 is 26.0 Å². The molecule has 0 radical (unpaired) electrons. The molecule has 1 atom stereocenters. The monoisotopic (exact) mass is 470 g/mol. The molecule has 28 heavy (non-hydrogen) atoms. The predicted molar refractivity (Wildman–Crippen MR) is 108 cm³/mol. The lowest BCUT2D eigenvalue weighted by molar-refractivity contribution is -0.139. The van der Waals surface area contributed by atoms with E-state index in [0.717, 1.165) is 35.3 Å². The third kappa shape index (κ3) is 5.23. The summed E-state index contributed by atoms with van der Waals surface area (Å²) in [4.78, 5) is 33.9. The first-order valence-corrected chi connectivity index (χ1v) is 9.92. The van der Waals surface area contributed by atoms with Crippen LogP contribution in [0.4, 0.5) is 4.79 Å². The van der Waals surface area contributed by atoms with Crippen LogP contribution in [0.25, 0.3) is 10.4 Å². The molecule has 2 amide bonds. The molecule has 0 aliphatic carbocycles. The number of rotatable bonds is 9. The van der Waals surface area contributed by atoms with Gasteiger partial charge >= 0.3 is 18.0 Å². The Morgan fingerprint density at radius 3 is 2.39 bits per heavy atom. The first kappa shape index (κ1) is 21.7. The van der Waals surface area contributed by atoms with Gasteiger partial charge in [0.2, 0.25) is 0 Å². The van der Waals surface area contributed by atoms with Crippen LogP contribution in [0.15, 0.2) is 28.7 Å². The van der Waals surface area contributed by atoms with Crippen molar-refractivity contribution in [2.45, 2.75) is 25.8 Å². The summed E-state index contributed by atoms with van der Waals surface area (Å²) in [5.74, 6) is -2.43. The number of aromatic carboxylic acids is 1. The van der Waals surface area contributed by atoms with Crippen LogP contribution in [0.5, 0.6) is 5.75 Å². The minimum Gasteiger partial charge on any atom is -0.479 e. The third-order valence-corrected chi connectivity index (χ3v) is 6.04. The Kier molecular flexibility index (Phi) is 7.41. The number of primary amides is 1. The number of carbonyl (C=O) groups excluding carboxylic acids is 1. The number of hydrogen-bond donors (Lipinski definition) is 4. The number of carbonyl (C=O) groups is 3. The fraction of sp³-hybridized carbons (Fsp3) is 0.278. The van der Waals surface area contributed by atoms with Crippen molar-refractivity contribution in [1.82, 2.24) is 5.32 Å². The number of nitrogens with two attached hydrogens (primary N) is 1. The first-order chi connectivity index (χ1) is 13.2. The summed E-state index contributed by atoms with van der Waals surface area (Å²) in [7, 11) is 0. The van der Waals surface area contributed by atoms with Gasteiger partial charge in [-0.2, -0.15) is 0 Å². The normalized spacial score (nSPS) is 11.6. The topological polar surface area (TPSA) is 139 Å². The van der Waals surface area contributed by atoms with Gasteiger partial charge in [-0.05, 0) is 33.5 Å². The molecule has 2 aromatic rings. The number of amides is 2. The summed E-state index contributed by atoms with van der Waals surface area (Å²) in [5.41, 5.74) is 6.83. The Bertz CT molecular complexity index is 881. The second kappa shape index (κ2) is 9.56. The number of urea groups is 1. The third-order valence-electron chi connectivity index (χ3n) is 3.81. The number of benzene rings is 1. The summed E-state index contributed by atoms with van der Waals surface area (Å²) in [5, 5.41) is 20.9. The Balaban J connectivity index is 2.37. The van der Waals surface area contributed by atoms with Gasteiger partial charge in [0.25, 0.3) is 0 Å². The minimum absolute atomic E-state index is 0.0155.